The van der Waals surface area contributed by atoms with Crippen molar-refractivity contribution in [3.63, 3.8) is 0 Å². The van der Waals surface area contributed by atoms with Gasteiger partial charge in [-0.05, 0) is 57.4 Å². The molecule has 0 aliphatic heterocycles. The molecule has 1 atom stereocenters. The lowest BCUT2D eigenvalue weighted by atomic mass is 9.81. The van der Waals surface area contributed by atoms with Crippen molar-refractivity contribution in [3.8, 4) is 0 Å². The van der Waals surface area contributed by atoms with E-state index < -0.39 is 0 Å². The van der Waals surface area contributed by atoms with E-state index in [0.29, 0.717) is 6.04 Å². The van der Waals surface area contributed by atoms with Gasteiger partial charge in [0.15, 0.2) is 0 Å². The fourth-order valence-corrected chi connectivity index (χ4v) is 2.64. The Labute approximate surface area is 122 Å². The third kappa shape index (κ3) is 4.26. The van der Waals surface area contributed by atoms with Crippen LogP contribution in [-0.4, -0.2) is 18.0 Å². The summed E-state index contributed by atoms with van der Waals surface area (Å²) >= 11 is 0. The van der Waals surface area contributed by atoms with E-state index in [1.54, 1.807) is 0 Å². The molecule has 2 rings (SSSR count). The van der Waals surface area contributed by atoms with Crippen molar-refractivity contribution in [1.82, 2.24) is 5.32 Å². The maximum Gasteiger partial charge on any atom is 0.251 e. The zero-order valence-corrected chi connectivity index (χ0v) is 12.8. The minimum Gasteiger partial charge on any atom is -0.383 e. The molecule has 2 N–H and O–H groups in total. The highest BCUT2D eigenvalue weighted by atomic mass is 16.1. The molecule has 1 unspecified atom stereocenters. The summed E-state index contributed by atoms with van der Waals surface area (Å²) in [5, 5.41) is 6.42. The van der Waals surface area contributed by atoms with Gasteiger partial charge < -0.3 is 10.6 Å². The fourth-order valence-electron chi connectivity index (χ4n) is 2.64. The van der Waals surface area contributed by atoms with E-state index in [-0.39, 0.29) is 11.9 Å². The fraction of sp³-hybridized carbons (Fsp3) is 0.588. The Hall–Kier alpha value is -1.51. The Morgan fingerprint density at radius 2 is 1.85 bits per heavy atom. The van der Waals surface area contributed by atoms with Crippen LogP contribution < -0.4 is 10.6 Å². The van der Waals surface area contributed by atoms with Crippen LogP contribution in [0.2, 0.25) is 0 Å². The molecule has 1 aliphatic rings. The van der Waals surface area contributed by atoms with E-state index in [0.717, 1.165) is 17.2 Å². The first kappa shape index (κ1) is 14.9. The number of anilines is 1. The van der Waals surface area contributed by atoms with Gasteiger partial charge in [0.1, 0.15) is 0 Å². The second-order valence-corrected chi connectivity index (χ2v) is 6.28. The molecule has 1 amide bonds. The topological polar surface area (TPSA) is 41.1 Å². The predicted molar refractivity (Wildman–Crippen MR) is 84.1 cm³/mol. The third-order valence-corrected chi connectivity index (χ3v) is 3.89. The van der Waals surface area contributed by atoms with E-state index in [1.165, 1.54) is 25.7 Å². The van der Waals surface area contributed by atoms with Crippen LogP contribution in [0.3, 0.4) is 0 Å². The highest BCUT2D eigenvalue weighted by Crippen LogP contribution is 2.31. The molecule has 0 aromatic heterocycles. The highest BCUT2D eigenvalue weighted by molar-refractivity contribution is 5.94. The van der Waals surface area contributed by atoms with Crippen LogP contribution in [0.25, 0.3) is 0 Å². The molecule has 1 saturated carbocycles. The molecule has 0 heterocycles. The summed E-state index contributed by atoms with van der Waals surface area (Å²) in [7, 11) is 0. The van der Waals surface area contributed by atoms with Crippen LogP contribution in [0.1, 0.15) is 56.8 Å². The Kier molecular flexibility index (Phi) is 5.05. The molecule has 1 aliphatic carbocycles. The average Bonchev–Trinajstić information content (AvgIpc) is 2.34. The van der Waals surface area contributed by atoms with Gasteiger partial charge in [-0.15, -0.1) is 0 Å². The lowest BCUT2D eigenvalue weighted by Crippen LogP contribution is -2.30. The van der Waals surface area contributed by atoms with Crippen LogP contribution in [0.4, 0.5) is 5.69 Å². The van der Waals surface area contributed by atoms with Crippen molar-refractivity contribution in [1.29, 1.82) is 0 Å². The predicted octanol–water partition coefficient (Wildman–Crippen LogP) is 3.82. The van der Waals surface area contributed by atoms with Crippen LogP contribution >= 0.6 is 0 Å². The monoisotopic (exact) mass is 274 g/mol. The standard InChI is InChI=1S/C17H26N2O/c1-12(2)18-17(20)15-7-9-16(10-8-15)19-13(3)11-14-5-4-6-14/h7-10,12-14,19H,4-6,11H2,1-3H3,(H,18,20). The van der Waals surface area contributed by atoms with Gasteiger partial charge in [-0.1, -0.05) is 19.3 Å². The molecule has 0 radical (unpaired) electrons. The van der Waals surface area contributed by atoms with Crippen molar-refractivity contribution < 1.29 is 4.79 Å². The molecule has 1 aromatic rings. The van der Waals surface area contributed by atoms with E-state index in [4.69, 9.17) is 0 Å². The van der Waals surface area contributed by atoms with Gasteiger partial charge in [0.05, 0.1) is 0 Å². The highest BCUT2D eigenvalue weighted by Gasteiger charge is 2.19. The summed E-state index contributed by atoms with van der Waals surface area (Å²) in [6, 6.07) is 8.42. The lowest BCUT2D eigenvalue weighted by Gasteiger charge is -2.28. The Morgan fingerprint density at radius 1 is 1.20 bits per heavy atom. The molecule has 3 nitrogen and oxygen atoms in total. The molecule has 1 fully saturated rings. The van der Waals surface area contributed by atoms with E-state index in [1.807, 2.05) is 38.1 Å². The number of benzene rings is 1. The van der Waals surface area contributed by atoms with Crippen LogP contribution in [-0.2, 0) is 0 Å². The number of carbonyl (C=O) groups excluding carboxylic acids is 1. The first-order valence-electron chi connectivity index (χ1n) is 7.72. The molecule has 110 valence electrons. The number of hydrogen-bond acceptors (Lipinski definition) is 2. The second-order valence-electron chi connectivity index (χ2n) is 6.28. The minimum absolute atomic E-state index is 0.00549. The summed E-state index contributed by atoms with van der Waals surface area (Å²) in [4.78, 5) is 11.8. The molecule has 1 aromatic carbocycles. The largest absolute Gasteiger partial charge is 0.383 e. The zero-order valence-electron chi connectivity index (χ0n) is 12.8. The number of hydrogen-bond donors (Lipinski definition) is 2. The van der Waals surface area contributed by atoms with Gasteiger partial charge in [0.25, 0.3) is 5.91 Å². The lowest BCUT2D eigenvalue weighted by molar-refractivity contribution is 0.0943. The minimum atomic E-state index is -0.00549. The van der Waals surface area contributed by atoms with E-state index in [9.17, 15) is 4.79 Å². The zero-order chi connectivity index (χ0) is 14.5. The molecule has 3 heteroatoms. The number of nitrogens with one attached hydrogen (secondary N) is 2. The van der Waals surface area contributed by atoms with Gasteiger partial charge in [-0.3, -0.25) is 4.79 Å². The van der Waals surface area contributed by atoms with Gasteiger partial charge in [-0.25, -0.2) is 0 Å². The molecule has 0 saturated heterocycles. The third-order valence-electron chi connectivity index (χ3n) is 3.89. The summed E-state index contributed by atoms with van der Waals surface area (Å²) in [5.74, 6) is 0.905. The van der Waals surface area contributed by atoms with Crippen LogP contribution in [0.15, 0.2) is 24.3 Å². The van der Waals surface area contributed by atoms with Gasteiger partial charge >= 0.3 is 0 Å². The van der Waals surface area contributed by atoms with Crippen molar-refractivity contribution >= 4 is 11.6 Å². The summed E-state index contributed by atoms with van der Waals surface area (Å²) in [6.45, 7) is 6.17. The second kappa shape index (κ2) is 6.78. The smallest absolute Gasteiger partial charge is 0.251 e. The normalized spacial score (nSPS) is 16.6. The quantitative estimate of drug-likeness (QED) is 0.828. The summed E-state index contributed by atoms with van der Waals surface area (Å²) in [5.41, 5.74) is 1.81. The molecule has 0 bridgehead atoms. The average molecular weight is 274 g/mol. The van der Waals surface area contributed by atoms with E-state index in [2.05, 4.69) is 17.6 Å². The molecular formula is C17H26N2O. The summed E-state index contributed by atoms with van der Waals surface area (Å²) in [6.07, 6.45) is 5.42. The van der Waals surface area contributed by atoms with Crippen molar-refractivity contribution in [2.24, 2.45) is 5.92 Å². The van der Waals surface area contributed by atoms with E-state index >= 15 is 0 Å². The molecular weight excluding hydrogens is 248 g/mol. The molecule has 0 spiro atoms. The number of amides is 1. The van der Waals surface area contributed by atoms with Crippen LogP contribution in [0, 0.1) is 5.92 Å². The van der Waals surface area contributed by atoms with Crippen LogP contribution in [0.5, 0.6) is 0 Å². The first-order chi connectivity index (χ1) is 9.54. The molecule has 20 heavy (non-hydrogen) atoms. The van der Waals surface area contributed by atoms with Gasteiger partial charge in [0, 0.05) is 23.3 Å². The van der Waals surface area contributed by atoms with Gasteiger partial charge in [0.2, 0.25) is 0 Å². The van der Waals surface area contributed by atoms with Crippen molar-refractivity contribution in [3.05, 3.63) is 29.8 Å². The maximum absolute atomic E-state index is 11.8. The number of carbonyl (C=O) groups is 1. The Morgan fingerprint density at radius 3 is 2.35 bits per heavy atom. The van der Waals surface area contributed by atoms with Crippen molar-refractivity contribution in [2.75, 3.05) is 5.32 Å². The van der Waals surface area contributed by atoms with Crippen molar-refractivity contribution in [2.45, 2.75) is 58.5 Å². The number of rotatable bonds is 6. The SMILES string of the molecule is CC(C)NC(=O)c1ccc(NC(C)CC2CCC2)cc1. The summed E-state index contributed by atoms with van der Waals surface area (Å²) < 4.78 is 0. The Bertz CT molecular complexity index is 435. The maximum atomic E-state index is 11.8. The van der Waals surface area contributed by atoms with Gasteiger partial charge in [-0.2, -0.15) is 0 Å². The Balaban J connectivity index is 1.85. The first-order valence-corrected chi connectivity index (χ1v) is 7.72.